The molecule has 1 aliphatic heterocycles. The lowest BCUT2D eigenvalue weighted by atomic mass is 9.72. The molecule has 0 N–H and O–H groups in total. The molecule has 0 saturated heterocycles. The third-order valence-corrected chi connectivity index (χ3v) is 4.72. The Balaban J connectivity index is 1.86. The van der Waals surface area contributed by atoms with Crippen molar-refractivity contribution in [2.75, 3.05) is 0 Å². The van der Waals surface area contributed by atoms with Crippen molar-refractivity contribution in [2.45, 2.75) is 63.4 Å². The van der Waals surface area contributed by atoms with Crippen LogP contribution in [0.1, 0.15) is 57.8 Å². The number of aldehydes is 1. The van der Waals surface area contributed by atoms with Crippen LogP contribution in [0.15, 0.2) is 11.3 Å². The summed E-state index contributed by atoms with van der Waals surface area (Å²) in [5.74, 6) is 0.692. The van der Waals surface area contributed by atoms with Crippen molar-refractivity contribution < 1.29 is 14.3 Å². The minimum atomic E-state index is -0.653. The van der Waals surface area contributed by atoms with Crippen LogP contribution in [-0.4, -0.2) is 17.7 Å². The molecule has 0 amide bonds. The van der Waals surface area contributed by atoms with Crippen molar-refractivity contribution in [2.24, 2.45) is 5.92 Å². The predicted octanol–water partition coefficient (Wildman–Crippen LogP) is 2.93. The quantitative estimate of drug-likeness (QED) is 0.529. The molecular weight excluding hydrogens is 228 g/mol. The summed E-state index contributed by atoms with van der Waals surface area (Å²) in [6.45, 7) is 0. The van der Waals surface area contributed by atoms with Crippen molar-refractivity contribution in [3.05, 3.63) is 11.3 Å². The van der Waals surface area contributed by atoms with E-state index < -0.39 is 11.5 Å². The van der Waals surface area contributed by atoms with E-state index in [9.17, 15) is 9.59 Å². The first kappa shape index (κ1) is 11.9. The first-order chi connectivity index (χ1) is 8.75. The van der Waals surface area contributed by atoms with Gasteiger partial charge in [0.1, 0.15) is 6.29 Å². The highest BCUT2D eigenvalue weighted by Crippen LogP contribution is 2.44. The molecule has 2 aliphatic carbocycles. The van der Waals surface area contributed by atoms with Crippen LogP contribution in [0.25, 0.3) is 0 Å². The molecule has 3 heteroatoms. The molecule has 1 saturated carbocycles. The van der Waals surface area contributed by atoms with Gasteiger partial charge in [-0.3, -0.25) is 4.79 Å². The van der Waals surface area contributed by atoms with Gasteiger partial charge in [-0.15, -0.1) is 0 Å². The molecule has 1 fully saturated rings. The minimum Gasteiger partial charge on any atom is -0.484 e. The summed E-state index contributed by atoms with van der Waals surface area (Å²) in [6, 6.07) is 0. The highest BCUT2D eigenvalue weighted by atomic mass is 16.5. The molecule has 2 unspecified atom stereocenters. The van der Waals surface area contributed by atoms with Crippen LogP contribution in [-0.2, 0) is 14.3 Å². The van der Waals surface area contributed by atoms with Gasteiger partial charge in [-0.2, -0.15) is 0 Å². The van der Waals surface area contributed by atoms with Gasteiger partial charge in [0, 0.05) is 6.42 Å². The van der Waals surface area contributed by atoms with Gasteiger partial charge in [0.25, 0.3) is 0 Å². The summed E-state index contributed by atoms with van der Waals surface area (Å²) in [4.78, 5) is 23.4. The first-order valence-electron chi connectivity index (χ1n) is 7.15. The number of carbonyl (C=O) groups excluding carboxylic acids is 2. The Labute approximate surface area is 108 Å². The summed E-state index contributed by atoms with van der Waals surface area (Å²) >= 11 is 0. The van der Waals surface area contributed by atoms with E-state index in [1.165, 1.54) is 18.4 Å². The van der Waals surface area contributed by atoms with Gasteiger partial charge in [-0.05, 0) is 56.9 Å². The number of Topliss-reactive ketones (excluding diaryl/α,β-unsaturated/α-hetero) is 1. The number of hydrogen-bond donors (Lipinski definition) is 0. The first-order valence-corrected chi connectivity index (χ1v) is 7.15. The molecule has 3 nitrogen and oxygen atoms in total. The molecule has 98 valence electrons. The van der Waals surface area contributed by atoms with E-state index in [4.69, 9.17) is 4.74 Å². The maximum Gasteiger partial charge on any atom is 0.186 e. The third kappa shape index (κ3) is 1.80. The van der Waals surface area contributed by atoms with E-state index >= 15 is 0 Å². The zero-order valence-corrected chi connectivity index (χ0v) is 10.7. The zero-order chi connectivity index (χ0) is 12.6. The van der Waals surface area contributed by atoms with Crippen molar-refractivity contribution in [1.29, 1.82) is 0 Å². The largest absolute Gasteiger partial charge is 0.484 e. The average molecular weight is 248 g/mol. The standard InChI is InChI=1S/C15H20O3/c16-10-12-5-3-8-15(14(12)17)9-7-11-4-1-2-6-13(11)18-15/h10,12H,1-9H2. The van der Waals surface area contributed by atoms with Crippen LogP contribution in [0.4, 0.5) is 0 Å². The summed E-state index contributed by atoms with van der Waals surface area (Å²) in [5.41, 5.74) is 0.771. The smallest absolute Gasteiger partial charge is 0.186 e. The maximum atomic E-state index is 12.4. The Hall–Kier alpha value is -1.12. The average Bonchev–Trinajstić information content (AvgIpc) is 2.42. The highest BCUT2D eigenvalue weighted by Gasteiger charge is 2.48. The van der Waals surface area contributed by atoms with E-state index in [0.717, 1.165) is 50.6 Å². The van der Waals surface area contributed by atoms with Gasteiger partial charge < -0.3 is 9.53 Å². The van der Waals surface area contributed by atoms with Crippen LogP contribution in [0, 0.1) is 5.92 Å². The Kier molecular flexibility index (Phi) is 3.00. The molecular formula is C15H20O3. The minimum absolute atomic E-state index is 0.0425. The molecule has 1 heterocycles. The van der Waals surface area contributed by atoms with Crippen LogP contribution in [0.3, 0.4) is 0 Å². The van der Waals surface area contributed by atoms with Crippen LogP contribution in [0.5, 0.6) is 0 Å². The van der Waals surface area contributed by atoms with E-state index in [2.05, 4.69) is 0 Å². The van der Waals surface area contributed by atoms with Gasteiger partial charge in [0.2, 0.25) is 0 Å². The molecule has 0 aromatic carbocycles. The maximum absolute atomic E-state index is 12.4. The SMILES string of the molecule is O=CC1CCCC2(CCC3=C(CCCC3)O2)C1=O. The lowest BCUT2D eigenvalue weighted by Crippen LogP contribution is -2.50. The number of carbonyl (C=O) groups is 2. The predicted molar refractivity (Wildman–Crippen MR) is 67.0 cm³/mol. The fourth-order valence-corrected chi connectivity index (χ4v) is 3.65. The van der Waals surface area contributed by atoms with Gasteiger partial charge in [0.15, 0.2) is 11.4 Å². The van der Waals surface area contributed by atoms with Gasteiger partial charge >= 0.3 is 0 Å². The van der Waals surface area contributed by atoms with Crippen molar-refractivity contribution in [1.82, 2.24) is 0 Å². The second-order valence-electron chi connectivity index (χ2n) is 5.83. The van der Waals surface area contributed by atoms with Crippen LogP contribution in [0.2, 0.25) is 0 Å². The highest BCUT2D eigenvalue weighted by molar-refractivity contribution is 5.99. The number of ether oxygens (including phenoxy) is 1. The lowest BCUT2D eigenvalue weighted by molar-refractivity contribution is -0.153. The van der Waals surface area contributed by atoms with Crippen LogP contribution < -0.4 is 0 Å². The topological polar surface area (TPSA) is 43.4 Å². The van der Waals surface area contributed by atoms with E-state index in [-0.39, 0.29) is 5.78 Å². The molecule has 0 bridgehead atoms. The van der Waals surface area contributed by atoms with Crippen LogP contribution >= 0.6 is 0 Å². The number of ketones is 1. The fraction of sp³-hybridized carbons (Fsp3) is 0.733. The Bertz CT molecular complexity index is 410. The van der Waals surface area contributed by atoms with Gasteiger partial charge in [0.05, 0.1) is 11.7 Å². The summed E-state index contributed by atoms with van der Waals surface area (Å²) < 4.78 is 6.13. The number of rotatable bonds is 1. The van der Waals surface area contributed by atoms with Crippen molar-refractivity contribution >= 4 is 12.1 Å². The number of hydrogen-bond acceptors (Lipinski definition) is 3. The zero-order valence-electron chi connectivity index (χ0n) is 10.7. The third-order valence-electron chi connectivity index (χ3n) is 4.72. The molecule has 0 aromatic rings. The van der Waals surface area contributed by atoms with E-state index in [0.29, 0.717) is 6.42 Å². The van der Waals surface area contributed by atoms with Gasteiger partial charge in [-0.1, -0.05) is 0 Å². The Morgan fingerprint density at radius 1 is 1.11 bits per heavy atom. The van der Waals surface area contributed by atoms with Crippen molar-refractivity contribution in [3.8, 4) is 0 Å². The summed E-state index contributed by atoms with van der Waals surface area (Å²) in [6.07, 6.45) is 9.57. The normalized spacial score (nSPS) is 36.2. The molecule has 1 spiro atoms. The molecule has 2 atom stereocenters. The van der Waals surface area contributed by atoms with E-state index in [1.807, 2.05) is 0 Å². The second-order valence-corrected chi connectivity index (χ2v) is 5.83. The molecule has 0 aromatic heterocycles. The molecule has 0 radical (unpaired) electrons. The lowest BCUT2D eigenvalue weighted by Gasteiger charge is -2.43. The molecule has 3 rings (SSSR count). The fourth-order valence-electron chi connectivity index (χ4n) is 3.65. The molecule has 3 aliphatic rings. The monoisotopic (exact) mass is 248 g/mol. The van der Waals surface area contributed by atoms with Gasteiger partial charge in [-0.25, -0.2) is 0 Å². The van der Waals surface area contributed by atoms with E-state index in [1.54, 1.807) is 0 Å². The molecule has 18 heavy (non-hydrogen) atoms. The number of allylic oxidation sites excluding steroid dienone is 2. The summed E-state index contributed by atoms with van der Waals surface area (Å²) in [5, 5.41) is 0. The second kappa shape index (κ2) is 4.52. The van der Waals surface area contributed by atoms with Crippen molar-refractivity contribution in [3.63, 3.8) is 0 Å². The summed E-state index contributed by atoms with van der Waals surface area (Å²) in [7, 11) is 0. The Morgan fingerprint density at radius 2 is 1.94 bits per heavy atom. The Morgan fingerprint density at radius 3 is 2.78 bits per heavy atom.